The second-order valence-corrected chi connectivity index (χ2v) is 2.98. The van der Waals surface area contributed by atoms with Crippen molar-refractivity contribution in [3.8, 4) is 11.5 Å². The Balaban J connectivity index is 2.47. The van der Waals surface area contributed by atoms with Gasteiger partial charge in [0, 0.05) is 7.05 Å². The molecule has 1 aromatic rings. The number of benzene rings is 1. The van der Waals surface area contributed by atoms with E-state index in [1.54, 1.807) is 19.1 Å². The molecule has 1 unspecified atom stereocenters. The normalized spacial score (nSPS) is 11.6. The number of carbonyl (C=O) groups is 1. The van der Waals surface area contributed by atoms with Crippen LogP contribution < -0.4 is 15.4 Å². The lowest BCUT2D eigenvalue weighted by atomic mass is 10.3. The van der Waals surface area contributed by atoms with E-state index in [1.165, 1.54) is 19.2 Å². The molecule has 1 atom stereocenters. The van der Waals surface area contributed by atoms with Crippen molar-refractivity contribution in [1.82, 2.24) is 10.6 Å². The number of urea groups is 1. The molecule has 0 aliphatic carbocycles. The molecule has 0 saturated carbocycles. The summed E-state index contributed by atoms with van der Waals surface area (Å²) in [5.41, 5.74) is 0. The van der Waals surface area contributed by atoms with E-state index in [0.717, 1.165) is 0 Å². The van der Waals surface area contributed by atoms with Crippen LogP contribution in [0.15, 0.2) is 24.3 Å². The van der Waals surface area contributed by atoms with Gasteiger partial charge in [0.2, 0.25) is 0 Å². The van der Waals surface area contributed by atoms with Crippen LogP contribution in [0.4, 0.5) is 4.79 Å². The van der Waals surface area contributed by atoms with E-state index >= 15 is 0 Å². The van der Waals surface area contributed by atoms with E-state index in [1.807, 2.05) is 0 Å². The highest BCUT2D eigenvalue weighted by molar-refractivity contribution is 5.73. The third kappa shape index (κ3) is 3.76. The van der Waals surface area contributed by atoms with Crippen molar-refractivity contribution < 1.29 is 14.6 Å². The van der Waals surface area contributed by atoms with E-state index < -0.39 is 6.23 Å². The molecule has 0 spiro atoms. The molecule has 1 rings (SSSR count). The van der Waals surface area contributed by atoms with Crippen LogP contribution in [0, 0.1) is 0 Å². The summed E-state index contributed by atoms with van der Waals surface area (Å²) < 4.78 is 5.36. The molecule has 1 aromatic carbocycles. The van der Waals surface area contributed by atoms with Crippen LogP contribution in [0.25, 0.3) is 0 Å². The van der Waals surface area contributed by atoms with E-state index in [2.05, 4.69) is 10.6 Å². The molecule has 3 N–H and O–H groups in total. The quantitative estimate of drug-likeness (QED) is 0.653. The van der Waals surface area contributed by atoms with Gasteiger partial charge in [0.1, 0.15) is 11.5 Å². The summed E-state index contributed by atoms with van der Waals surface area (Å²) in [6, 6.07) is 5.97. The predicted molar refractivity (Wildman–Crippen MR) is 55.8 cm³/mol. The highest BCUT2D eigenvalue weighted by Gasteiger charge is 2.06. The molecule has 5 heteroatoms. The number of hydrogen-bond acceptors (Lipinski definition) is 3. The Morgan fingerprint density at radius 1 is 1.40 bits per heavy atom. The van der Waals surface area contributed by atoms with Gasteiger partial charge in [-0.25, -0.2) is 4.79 Å². The van der Waals surface area contributed by atoms with E-state index in [4.69, 9.17) is 9.84 Å². The van der Waals surface area contributed by atoms with E-state index in [-0.39, 0.29) is 11.8 Å². The summed E-state index contributed by atoms with van der Waals surface area (Å²) in [7, 11) is 1.53. The summed E-state index contributed by atoms with van der Waals surface area (Å²) >= 11 is 0. The van der Waals surface area contributed by atoms with Crippen molar-refractivity contribution in [2.45, 2.75) is 13.2 Å². The maximum atomic E-state index is 10.9. The molecular formula is C10H14N2O3. The Kier molecular flexibility index (Phi) is 3.79. The number of ether oxygens (including phenoxy) is 1. The van der Waals surface area contributed by atoms with E-state index in [0.29, 0.717) is 5.75 Å². The van der Waals surface area contributed by atoms with Gasteiger partial charge < -0.3 is 20.5 Å². The zero-order valence-corrected chi connectivity index (χ0v) is 8.65. The number of amides is 2. The Morgan fingerprint density at radius 2 is 2.00 bits per heavy atom. The van der Waals surface area contributed by atoms with Crippen LogP contribution in [-0.4, -0.2) is 24.4 Å². The Bertz CT molecular complexity index is 324. The molecule has 0 aromatic heterocycles. The second kappa shape index (κ2) is 5.09. The summed E-state index contributed by atoms with van der Waals surface area (Å²) in [6.07, 6.45) is -0.436. The summed E-state index contributed by atoms with van der Waals surface area (Å²) in [6.45, 7) is 1.71. The van der Waals surface area contributed by atoms with Crippen LogP contribution in [-0.2, 0) is 0 Å². The SMILES string of the molecule is CNC(=O)NC(C)Oc1ccc(O)cc1. The number of hydrogen-bond donors (Lipinski definition) is 3. The first-order chi connectivity index (χ1) is 7.11. The molecule has 2 amide bonds. The van der Waals surface area contributed by atoms with Gasteiger partial charge in [-0.15, -0.1) is 0 Å². The average Bonchev–Trinajstić information content (AvgIpc) is 2.21. The van der Waals surface area contributed by atoms with Crippen molar-refractivity contribution in [3.05, 3.63) is 24.3 Å². The van der Waals surface area contributed by atoms with Crippen molar-refractivity contribution in [2.24, 2.45) is 0 Å². The van der Waals surface area contributed by atoms with Crippen LogP contribution in [0.3, 0.4) is 0 Å². The molecule has 0 aliphatic heterocycles. The average molecular weight is 210 g/mol. The number of aromatic hydroxyl groups is 1. The van der Waals surface area contributed by atoms with Crippen molar-refractivity contribution in [3.63, 3.8) is 0 Å². The topological polar surface area (TPSA) is 70.6 Å². The van der Waals surface area contributed by atoms with Crippen molar-refractivity contribution in [2.75, 3.05) is 7.05 Å². The van der Waals surface area contributed by atoms with Gasteiger partial charge in [-0.3, -0.25) is 0 Å². The molecule has 5 nitrogen and oxygen atoms in total. The first kappa shape index (κ1) is 11.2. The Labute approximate surface area is 88.1 Å². The number of rotatable bonds is 3. The summed E-state index contributed by atoms with van der Waals surface area (Å²) in [4.78, 5) is 10.9. The minimum absolute atomic E-state index is 0.175. The Morgan fingerprint density at radius 3 is 2.53 bits per heavy atom. The largest absolute Gasteiger partial charge is 0.508 e. The van der Waals surface area contributed by atoms with Gasteiger partial charge in [-0.05, 0) is 31.2 Å². The minimum Gasteiger partial charge on any atom is -0.508 e. The van der Waals surface area contributed by atoms with Gasteiger partial charge in [-0.2, -0.15) is 0 Å². The lowest BCUT2D eigenvalue weighted by Crippen LogP contribution is -2.41. The fraction of sp³-hybridized carbons (Fsp3) is 0.300. The zero-order valence-electron chi connectivity index (χ0n) is 8.65. The summed E-state index contributed by atoms with van der Waals surface area (Å²) in [5.74, 6) is 0.756. The molecular weight excluding hydrogens is 196 g/mol. The van der Waals surface area contributed by atoms with Crippen LogP contribution in [0.2, 0.25) is 0 Å². The third-order valence-corrected chi connectivity index (χ3v) is 1.71. The van der Waals surface area contributed by atoms with Gasteiger partial charge in [0.25, 0.3) is 0 Å². The highest BCUT2D eigenvalue weighted by atomic mass is 16.5. The molecule has 82 valence electrons. The second-order valence-electron chi connectivity index (χ2n) is 2.98. The number of nitrogens with one attached hydrogen (secondary N) is 2. The van der Waals surface area contributed by atoms with Gasteiger partial charge >= 0.3 is 6.03 Å². The van der Waals surface area contributed by atoms with Crippen LogP contribution >= 0.6 is 0 Å². The van der Waals surface area contributed by atoms with Crippen LogP contribution in [0.1, 0.15) is 6.92 Å². The number of phenols is 1. The van der Waals surface area contributed by atoms with Gasteiger partial charge in [0.15, 0.2) is 6.23 Å². The van der Waals surface area contributed by atoms with Crippen molar-refractivity contribution >= 4 is 6.03 Å². The lowest BCUT2D eigenvalue weighted by Gasteiger charge is -2.15. The molecule has 15 heavy (non-hydrogen) atoms. The smallest absolute Gasteiger partial charge is 0.317 e. The highest BCUT2D eigenvalue weighted by Crippen LogP contribution is 2.16. The fourth-order valence-corrected chi connectivity index (χ4v) is 1.02. The first-order valence-corrected chi connectivity index (χ1v) is 4.55. The maximum absolute atomic E-state index is 10.9. The van der Waals surface area contributed by atoms with Crippen molar-refractivity contribution in [1.29, 1.82) is 0 Å². The molecule has 0 heterocycles. The zero-order chi connectivity index (χ0) is 11.3. The number of carbonyl (C=O) groups excluding carboxylic acids is 1. The fourth-order valence-electron chi connectivity index (χ4n) is 1.02. The standard InChI is InChI=1S/C10H14N2O3/c1-7(12-10(14)11-2)15-9-5-3-8(13)4-6-9/h3-7,13H,1-2H3,(H2,11,12,14). The first-order valence-electron chi connectivity index (χ1n) is 4.55. The maximum Gasteiger partial charge on any atom is 0.317 e. The monoisotopic (exact) mass is 210 g/mol. The molecule has 0 aliphatic rings. The molecule has 0 saturated heterocycles. The number of phenolic OH excluding ortho intramolecular Hbond substituents is 1. The third-order valence-electron chi connectivity index (χ3n) is 1.71. The molecule has 0 bridgehead atoms. The van der Waals surface area contributed by atoms with Gasteiger partial charge in [0.05, 0.1) is 0 Å². The predicted octanol–water partition coefficient (Wildman–Crippen LogP) is 1.05. The van der Waals surface area contributed by atoms with Gasteiger partial charge in [-0.1, -0.05) is 0 Å². The van der Waals surface area contributed by atoms with Crippen LogP contribution in [0.5, 0.6) is 11.5 Å². The van der Waals surface area contributed by atoms with E-state index in [9.17, 15) is 4.79 Å². The molecule has 0 radical (unpaired) electrons. The lowest BCUT2D eigenvalue weighted by molar-refractivity contribution is 0.178. The summed E-state index contributed by atoms with van der Waals surface area (Å²) in [5, 5.41) is 14.0. The minimum atomic E-state index is -0.436. The Hall–Kier alpha value is -1.91. The molecule has 0 fully saturated rings.